The summed E-state index contributed by atoms with van der Waals surface area (Å²) in [6.07, 6.45) is 0. The van der Waals surface area contributed by atoms with Gasteiger partial charge in [0, 0.05) is 21.8 Å². The maximum Gasteiger partial charge on any atom is 0.159 e. The van der Waals surface area contributed by atoms with E-state index < -0.39 is 0 Å². The predicted molar refractivity (Wildman–Crippen MR) is 204 cm³/mol. The van der Waals surface area contributed by atoms with Gasteiger partial charge in [0.15, 0.2) is 5.58 Å². The highest BCUT2D eigenvalue weighted by Crippen LogP contribution is 2.48. The van der Waals surface area contributed by atoms with Crippen LogP contribution in [0.3, 0.4) is 0 Å². The van der Waals surface area contributed by atoms with E-state index in [1.165, 1.54) is 54.2 Å². The van der Waals surface area contributed by atoms with Crippen molar-refractivity contribution in [1.29, 1.82) is 0 Å². The molecular formula is C46H29NO. The summed E-state index contributed by atoms with van der Waals surface area (Å²) in [4.78, 5) is 2.41. The molecule has 0 fully saturated rings. The maximum atomic E-state index is 6.85. The number of anilines is 3. The van der Waals surface area contributed by atoms with Crippen molar-refractivity contribution in [1.82, 2.24) is 0 Å². The van der Waals surface area contributed by atoms with Crippen molar-refractivity contribution in [3.8, 4) is 11.1 Å². The van der Waals surface area contributed by atoms with Gasteiger partial charge in [-0.3, -0.25) is 0 Å². The third kappa shape index (κ3) is 4.06. The standard InChI is InChI=1S/C46H29NO/c1-2-11-30(12-3-1)31-21-25-35(26-22-31)47(41-20-10-19-40-45-38-18-9-5-14-33(38)24-28-43(45)48-46(40)41)42-29-34-15-6-7-16-36(34)39-27-23-32-13-4-8-17-37(32)44(39)42/h1-29H. The van der Waals surface area contributed by atoms with Crippen molar-refractivity contribution in [2.45, 2.75) is 0 Å². The van der Waals surface area contributed by atoms with Gasteiger partial charge in [-0.15, -0.1) is 0 Å². The molecule has 0 aliphatic heterocycles. The van der Waals surface area contributed by atoms with Gasteiger partial charge in [0.2, 0.25) is 0 Å². The molecule has 2 heteroatoms. The molecule has 0 aliphatic carbocycles. The fraction of sp³-hybridized carbons (Fsp3) is 0. The fourth-order valence-electron chi connectivity index (χ4n) is 7.61. The molecule has 0 N–H and O–H groups in total. The Bertz CT molecular complexity index is 2830. The molecule has 10 rings (SSSR count). The van der Waals surface area contributed by atoms with Crippen LogP contribution in [0.1, 0.15) is 0 Å². The molecular weight excluding hydrogens is 583 g/mol. The van der Waals surface area contributed by atoms with Crippen molar-refractivity contribution in [2.24, 2.45) is 0 Å². The maximum absolute atomic E-state index is 6.85. The predicted octanol–water partition coefficient (Wildman–Crippen LogP) is 13.3. The fourth-order valence-corrected chi connectivity index (χ4v) is 7.61. The van der Waals surface area contributed by atoms with E-state index in [0.29, 0.717) is 0 Å². The number of rotatable bonds is 4. The average Bonchev–Trinajstić information content (AvgIpc) is 3.55. The minimum atomic E-state index is 0.873. The Labute approximate surface area is 277 Å². The van der Waals surface area contributed by atoms with Crippen molar-refractivity contribution >= 4 is 82.1 Å². The molecule has 0 atom stereocenters. The van der Waals surface area contributed by atoms with Gasteiger partial charge in [0.05, 0.1) is 11.4 Å². The highest BCUT2D eigenvalue weighted by Gasteiger charge is 2.23. The Hall–Kier alpha value is -6.38. The van der Waals surface area contributed by atoms with Gasteiger partial charge in [0.1, 0.15) is 5.58 Å². The highest BCUT2D eigenvalue weighted by molar-refractivity contribution is 6.25. The van der Waals surface area contributed by atoms with Crippen LogP contribution in [-0.2, 0) is 0 Å². The first-order chi connectivity index (χ1) is 23.8. The lowest BCUT2D eigenvalue weighted by Gasteiger charge is -2.28. The third-order valence-electron chi connectivity index (χ3n) is 9.81. The van der Waals surface area contributed by atoms with Crippen LogP contribution in [0, 0.1) is 0 Å². The Morgan fingerprint density at radius 1 is 0.354 bits per heavy atom. The number of hydrogen-bond donors (Lipinski definition) is 0. The van der Waals surface area contributed by atoms with Gasteiger partial charge in [-0.1, -0.05) is 146 Å². The van der Waals surface area contributed by atoms with Crippen LogP contribution in [0.2, 0.25) is 0 Å². The van der Waals surface area contributed by atoms with Gasteiger partial charge >= 0.3 is 0 Å². The summed E-state index contributed by atoms with van der Waals surface area (Å²) < 4.78 is 6.85. The molecule has 0 spiro atoms. The van der Waals surface area contributed by atoms with E-state index in [1.807, 2.05) is 0 Å². The van der Waals surface area contributed by atoms with E-state index >= 15 is 0 Å². The summed E-state index contributed by atoms with van der Waals surface area (Å²) >= 11 is 0. The third-order valence-corrected chi connectivity index (χ3v) is 9.81. The summed E-state index contributed by atoms with van der Waals surface area (Å²) in [5.74, 6) is 0. The van der Waals surface area contributed by atoms with E-state index in [2.05, 4.69) is 181 Å². The molecule has 224 valence electrons. The number of fused-ring (bicyclic) bond motifs is 10. The number of hydrogen-bond acceptors (Lipinski definition) is 2. The first-order valence-electron chi connectivity index (χ1n) is 16.4. The normalized spacial score (nSPS) is 11.8. The number of para-hydroxylation sites is 1. The lowest BCUT2D eigenvalue weighted by Crippen LogP contribution is -2.11. The van der Waals surface area contributed by atoms with E-state index in [-0.39, 0.29) is 0 Å². The van der Waals surface area contributed by atoms with E-state index in [9.17, 15) is 0 Å². The molecule has 48 heavy (non-hydrogen) atoms. The van der Waals surface area contributed by atoms with Crippen molar-refractivity contribution in [3.05, 3.63) is 176 Å². The summed E-state index contributed by atoms with van der Waals surface area (Å²) in [6, 6.07) is 63.2. The summed E-state index contributed by atoms with van der Waals surface area (Å²) in [5.41, 5.74) is 7.33. The van der Waals surface area contributed by atoms with E-state index in [1.54, 1.807) is 0 Å². The molecule has 0 amide bonds. The van der Waals surface area contributed by atoms with Gasteiger partial charge in [-0.25, -0.2) is 0 Å². The molecule has 0 saturated carbocycles. The second-order valence-corrected chi connectivity index (χ2v) is 12.5. The molecule has 0 aliphatic rings. The summed E-state index contributed by atoms with van der Waals surface area (Å²) in [7, 11) is 0. The molecule has 2 nitrogen and oxygen atoms in total. The molecule has 0 saturated heterocycles. The Balaban J connectivity index is 1.33. The van der Waals surface area contributed by atoms with Crippen molar-refractivity contribution in [3.63, 3.8) is 0 Å². The quantitative estimate of drug-likeness (QED) is 0.184. The lowest BCUT2D eigenvalue weighted by molar-refractivity contribution is 0.669. The van der Waals surface area contributed by atoms with E-state index in [4.69, 9.17) is 4.42 Å². The van der Waals surface area contributed by atoms with Crippen LogP contribution in [-0.4, -0.2) is 0 Å². The van der Waals surface area contributed by atoms with Crippen molar-refractivity contribution < 1.29 is 4.42 Å². The summed E-state index contributed by atoms with van der Waals surface area (Å²) in [5, 5.41) is 12.0. The average molecular weight is 612 g/mol. The molecule has 9 aromatic carbocycles. The highest BCUT2D eigenvalue weighted by atomic mass is 16.3. The van der Waals surface area contributed by atoms with Gasteiger partial charge in [-0.2, -0.15) is 0 Å². The minimum absolute atomic E-state index is 0.873. The number of benzene rings is 9. The van der Waals surface area contributed by atoms with Crippen LogP contribution >= 0.6 is 0 Å². The molecule has 0 bridgehead atoms. The number of nitrogens with zero attached hydrogens (tertiary/aromatic N) is 1. The second-order valence-electron chi connectivity index (χ2n) is 12.5. The largest absolute Gasteiger partial charge is 0.454 e. The molecule has 1 heterocycles. The zero-order valence-corrected chi connectivity index (χ0v) is 26.1. The zero-order chi connectivity index (χ0) is 31.6. The second kappa shape index (κ2) is 10.6. The first kappa shape index (κ1) is 26.8. The Morgan fingerprint density at radius 2 is 0.958 bits per heavy atom. The van der Waals surface area contributed by atoms with Gasteiger partial charge in [-0.05, 0) is 79.2 Å². The summed E-state index contributed by atoms with van der Waals surface area (Å²) in [6.45, 7) is 0. The Morgan fingerprint density at radius 3 is 1.73 bits per heavy atom. The molecule has 0 radical (unpaired) electrons. The topological polar surface area (TPSA) is 16.4 Å². The molecule has 10 aromatic rings. The van der Waals surface area contributed by atoms with Crippen molar-refractivity contribution in [2.75, 3.05) is 4.90 Å². The minimum Gasteiger partial charge on any atom is -0.454 e. The van der Waals surface area contributed by atoms with Crippen LogP contribution < -0.4 is 4.90 Å². The van der Waals surface area contributed by atoms with Crippen LogP contribution in [0.4, 0.5) is 17.1 Å². The first-order valence-corrected chi connectivity index (χ1v) is 16.4. The Kier molecular flexibility index (Phi) is 5.91. The molecule has 0 unspecified atom stereocenters. The van der Waals surface area contributed by atoms with Crippen LogP contribution in [0.25, 0.3) is 76.2 Å². The monoisotopic (exact) mass is 611 g/mol. The van der Waals surface area contributed by atoms with Gasteiger partial charge in [0.25, 0.3) is 0 Å². The van der Waals surface area contributed by atoms with Crippen LogP contribution in [0.5, 0.6) is 0 Å². The SMILES string of the molecule is c1ccc(-c2ccc(N(c3cccc4c3oc3ccc5ccccc5c34)c3cc4ccccc4c4ccc5ccccc5c34)cc2)cc1. The number of furan rings is 1. The molecule has 1 aromatic heterocycles. The van der Waals surface area contributed by atoms with Crippen LogP contribution in [0.15, 0.2) is 180 Å². The van der Waals surface area contributed by atoms with E-state index in [0.717, 1.165) is 39.0 Å². The zero-order valence-electron chi connectivity index (χ0n) is 26.1. The van der Waals surface area contributed by atoms with Gasteiger partial charge < -0.3 is 9.32 Å². The smallest absolute Gasteiger partial charge is 0.159 e. The lowest BCUT2D eigenvalue weighted by atomic mass is 9.94.